The van der Waals surface area contributed by atoms with E-state index in [1.165, 1.54) is 25.0 Å². The lowest BCUT2D eigenvalue weighted by Crippen LogP contribution is -2.03. The van der Waals surface area contributed by atoms with Gasteiger partial charge in [-0.3, -0.25) is 0 Å². The molecule has 2 aromatic carbocycles. The van der Waals surface area contributed by atoms with E-state index in [1.807, 2.05) is 0 Å². The fourth-order valence-electron chi connectivity index (χ4n) is 2.16. The van der Waals surface area contributed by atoms with Gasteiger partial charge in [-0.2, -0.15) is 23.4 Å². The molecule has 25 heavy (non-hydrogen) atoms. The summed E-state index contributed by atoms with van der Waals surface area (Å²) in [5.41, 5.74) is 0.273. The predicted octanol–water partition coefficient (Wildman–Crippen LogP) is 7.08. The van der Waals surface area contributed by atoms with Crippen LogP contribution in [0.4, 0.5) is 24.5 Å². The van der Waals surface area contributed by atoms with E-state index in [-0.39, 0.29) is 0 Å². The number of benzene rings is 2. The highest BCUT2D eigenvalue weighted by Crippen LogP contribution is 2.30. The Balaban J connectivity index is 1.87. The van der Waals surface area contributed by atoms with Crippen LogP contribution in [0.25, 0.3) is 0 Å². The van der Waals surface area contributed by atoms with Crippen LogP contribution in [0.15, 0.2) is 58.8 Å². The maximum atomic E-state index is 12.5. The number of unbranched alkanes of at least 4 members (excludes halogenated alkanes) is 3. The van der Waals surface area contributed by atoms with E-state index in [2.05, 4.69) is 17.2 Å². The topological polar surface area (TPSA) is 34.0 Å². The lowest BCUT2D eigenvalue weighted by Gasteiger charge is -2.06. The van der Waals surface area contributed by atoms with Gasteiger partial charge in [-0.1, -0.05) is 26.2 Å². The highest BCUT2D eigenvalue weighted by molar-refractivity contribution is 5.43. The zero-order valence-corrected chi connectivity index (χ0v) is 14.1. The summed E-state index contributed by atoms with van der Waals surface area (Å²) in [7, 11) is 0. The summed E-state index contributed by atoms with van der Waals surface area (Å²) >= 11 is 0. The molecule has 3 nitrogen and oxygen atoms in total. The normalized spacial score (nSPS) is 11.8. The fraction of sp³-hybridized carbons (Fsp3) is 0.368. The van der Waals surface area contributed by atoms with Crippen molar-refractivity contribution in [1.29, 1.82) is 0 Å². The molecule has 0 aliphatic carbocycles. The number of nitrogens with zero attached hydrogens (tertiary/aromatic N) is 2. The Morgan fingerprint density at radius 1 is 0.800 bits per heavy atom. The molecule has 6 heteroatoms. The van der Waals surface area contributed by atoms with E-state index in [4.69, 9.17) is 4.74 Å². The first-order valence-corrected chi connectivity index (χ1v) is 8.31. The highest BCUT2D eigenvalue weighted by atomic mass is 19.4. The van der Waals surface area contributed by atoms with Gasteiger partial charge in [0.05, 0.1) is 23.5 Å². The van der Waals surface area contributed by atoms with Gasteiger partial charge >= 0.3 is 6.18 Å². The Hall–Kier alpha value is -2.37. The van der Waals surface area contributed by atoms with Crippen LogP contribution >= 0.6 is 0 Å². The minimum atomic E-state index is -4.35. The molecule has 0 aliphatic rings. The van der Waals surface area contributed by atoms with E-state index >= 15 is 0 Å². The van der Waals surface area contributed by atoms with Gasteiger partial charge in [0.1, 0.15) is 5.75 Å². The zero-order valence-electron chi connectivity index (χ0n) is 14.1. The SMILES string of the molecule is CCCCCCOc1ccc(N=Nc2ccc(C(F)(F)F)cc2)cc1. The van der Waals surface area contributed by atoms with Gasteiger partial charge in [-0.25, -0.2) is 0 Å². The number of azo groups is 1. The molecule has 0 radical (unpaired) electrons. The molecule has 0 saturated heterocycles. The fourth-order valence-corrected chi connectivity index (χ4v) is 2.16. The van der Waals surface area contributed by atoms with Gasteiger partial charge in [0.25, 0.3) is 0 Å². The van der Waals surface area contributed by atoms with E-state index in [9.17, 15) is 13.2 Å². The first kappa shape index (κ1) is 19.0. The van der Waals surface area contributed by atoms with Crippen molar-refractivity contribution < 1.29 is 17.9 Å². The molecule has 2 aromatic rings. The van der Waals surface area contributed by atoms with E-state index in [0.717, 1.165) is 30.7 Å². The van der Waals surface area contributed by atoms with Gasteiger partial charge in [0.2, 0.25) is 0 Å². The third-order valence-corrected chi connectivity index (χ3v) is 3.58. The first-order chi connectivity index (χ1) is 12.0. The van der Waals surface area contributed by atoms with Gasteiger partial charge in [0.15, 0.2) is 0 Å². The third kappa shape index (κ3) is 6.57. The van der Waals surface area contributed by atoms with Crippen LogP contribution in [0.1, 0.15) is 38.2 Å². The first-order valence-electron chi connectivity index (χ1n) is 8.31. The molecule has 0 saturated carbocycles. The second kappa shape index (κ2) is 9.20. The molecule has 0 bridgehead atoms. The van der Waals surface area contributed by atoms with Gasteiger partial charge < -0.3 is 4.74 Å². The number of hydrogen-bond donors (Lipinski definition) is 0. The molecule has 0 spiro atoms. The van der Waals surface area contributed by atoms with Crippen molar-refractivity contribution in [2.24, 2.45) is 10.2 Å². The Kier molecular flexibility index (Phi) is 6.98. The Morgan fingerprint density at radius 3 is 1.88 bits per heavy atom. The van der Waals surface area contributed by atoms with Crippen LogP contribution in [0, 0.1) is 0 Å². The molecule has 0 atom stereocenters. The molecular formula is C19H21F3N2O. The van der Waals surface area contributed by atoms with Gasteiger partial charge in [-0.15, -0.1) is 0 Å². The molecule has 134 valence electrons. The second-order valence-corrected chi connectivity index (χ2v) is 5.65. The van der Waals surface area contributed by atoms with Crippen molar-refractivity contribution >= 4 is 11.4 Å². The summed E-state index contributed by atoms with van der Waals surface area (Å²) in [4.78, 5) is 0. The van der Waals surface area contributed by atoms with Crippen LogP contribution in [0.5, 0.6) is 5.75 Å². The van der Waals surface area contributed by atoms with Gasteiger partial charge in [-0.05, 0) is 55.0 Å². The van der Waals surface area contributed by atoms with Crippen molar-refractivity contribution in [1.82, 2.24) is 0 Å². The van der Waals surface area contributed by atoms with Crippen LogP contribution < -0.4 is 4.74 Å². The number of halogens is 3. The number of rotatable bonds is 8. The lowest BCUT2D eigenvalue weighted by molar-refractivity contribution is -0.137. The van der Waals surface area contributed by atoms with Crippen molar-refractivity contribution in [2.75, 3.05) is 6.61 Å². The summed E-state index contributed by atoms with van der Waals surface area (Å²) in [5.74, 6) is 0.768. The van der Waals surface area contributed by atoms with Crippen LogP contribution in [-0.4, -0.2) is 6.61 Å². The lowest BCUT2D eigenvalue weighted by atomic mass is 10.2. The molecule has 0 aromatic heterocycles. The Bertz CT molecular complexity index is 665. The maximum absolute atomic E-state index is 12.5. The third-order valence-electron chi connectivity index (χ3n) is 3.58. The van der Waals surface area contributed by atoms with Crippen LogP contribution in [0.3, 0.4) is 0 Å². The number of ether oxygens (including phenoxy) is 1. The van der Waals surface area contributed by atoms with Crippen LogP contribution in [0.2, 0.25) is 0 Å². The molecule has 0 unspecified atom stereocenters. The van der Waals surface area contributed by atoms with E-state index < -0.39 is 11.7 Å². The van der Waals surface area contributed by atoms with E-state index in [0.29, 0.717) is 18.0 Å². The molecular weight excluding hydrogens is 329 g/mol. The standard InChI is InChI=1S/C19H21F3N2O/c1-2-3-4-5-14-25-18-12-10-17(11-13-18)24-23-16-8-6-15(7-9-16)19(20,21)22/h6-13H,2-5,14H2,1H3. The van der Waals surface area contributed by atoms with Crippen molar-refractivity contribution in [3.63, 3.8) is 0 Å². The van der Waals surface area contributed by atoms with E-state index in [1.54, 1.807) is 24.3 Å². The number of alkyl halides is 3. The summed E-state index contributed by atoms with van der Waals surface area (Å²) in [6.45, 7) is 2.85. The van der Waals surface area contributed by atoms with Crippen molar-refractivity contribution in [3.05, 3.63) is 54.1 Å². The molecule has 0 amide bonds. The molecule has 0 N–H and O–H groups in total. The highest BCUT2D eigenvalue weighted by Gasteiger charge is 2.29. The Morgan fingerprint density at radius 2 is 1.36 bits per heavy atom. The predicted molar refractivity (Wildman–Crippen MR) is 91.7 cm³/mol. The molecule has 0 heterocycles. The zero-order chi connectivity index (χ0) is 18.1. The molecule has 0 aliphatic heterocycles. The largest absolute Gasteiger partial charge is 0.494 e. The summed E-state index contributed by atoms with van der Waals surface area (Å²) in [6, 6.07) is 11.7. The van der Waals surface area contributed by atoms with Crippen molar-refractivity contribution in [3.8, 4) is 5.75 Å². The minimum Gasteiger partial charge on any atom is -0.494 e. The quantitative estimate of drug-likeness (QED) is 0.370. The average Bonchev–Trinajstić information content (AvgIpc) is 2.60. The Labute approximate surface area is 145 Å². The minimum absolute atomic E-state index is 0.365. The van der Waals surface area contributed by atoms with Gasteiger partial charge in [0, 0.05) is 0 Å². The van der Waals surface area contributed by atoms with Crippen molar-refractivity contribution in [2.45, 2.75) is 38.8 Å². The van der Waals surface area contributed by atoms with Crippen LogP contribution in [-0.2, 0) is 6.18 Å². The smallest absolute Gasteiger partial charge is 0.416 e. The molecule has 2 rings (SSSR count). The second-order valence-electron chi connectivity index (χ2n) is 5.65. The summed E-state index contributed by atoms with van der Waals surface area (Å²) in [5, 5.41) is 7.96. The number of hydrogen-bond acceptors (Lipinski definition) is 3. The molecule has 0 fully saturated rings. The summed E-state index contributed by atoms with van der Waals surface area (Å²) < 4.78 is 43.1. The maximum Gasteiger partial charge on any atom is 0.416 e. The summed E-state index contributed by atoms with van der Waals surface area (Å²) in [6.07, 6.45) is 0.256. The monoisotopic (exact) mass is 350 g/mol. The average molecular weight is 350 g/mol.